The Hall–Kier alpha value is -0.120. The van der Waals surface area contributed by atoms with E-state index < -0.39 is 5.60 Å². The average Bonchev–Trinajstić information content (AvgIpc) is 2.25. The SMILES string of the molecule is CCOCC(C)NCC1(O)CCCCC1. The number of ether oxygens (including phenoxy) is 1. The summed E-state index contributed by atoms with van der Waals surface area (Å²) in [6.07, 6.45) is 5.50. The third-order valence-corrected chi connectivity index (χ3v) is 3.14. The summed E-state index contributed by atoms with van der Waals surface area (Å²) in [5, 5.41) is 13.6. The molecule has 3 nitrogen and oxygen atoms in total. The van der Waals surface area contributed by atoms with Gasteiger partial charge in [-0.25, -0.2) is 0 Å². The van der Waals surface area contributed by atoms with Gasteiger partial charge in [-0.05, 0) is 26.7 Å². The van der Waals surface area contributed by atoms with Crippen molar-refractivity contribution in [2.24, 2.45) is 0 Å². The van der Waals surface area contributed by atoms with Gasteiger partial charge in [-0.2, -0.15) is 0 Å². The molecule has 1 aliphatic carbocycles. The molecule has 2 N–H and O–H groups in total. The third-order valence-electron chi connectivity index (χ3n) is 3.14. The molecule has 0 aliphatic heterocycles. The highest BCUT2D eigenvalue weighted by atomic mass is 16.5. The maximum Gasteiger partial charge on any atom is 0.0771 e. The molecule has 1 unspecified atom stereocenters. The second-order valence-electron chi connectivity index (χ2n) is 4.73. The molecule has 0 aromatic heterocycles. The largest absolute Gasteiger partial charge is 0.389 e. The summed E-state index contributed by atoms with van der Waals surface area (Å²) in [5.74, 6) is 0. The standard InChI is InChI=1S/C12H25NO2/c1-3-15-9-11(2)13-10-12(14)7-5-4-6-8-12/h11,13-14H,3-10H2,1-2H3. The number of hydrogen-bond acceptors (Lipinski definition) is 3. The minimum atomic E-state index is -0.460. The van der Waals surface area contributed by atoms with Crippen molar-refractivity contribution in [2.75, 3.05) is 19.8 Å². The zero-order valence-electron chi connectivity index (χ0n) is 10.1. The monoisotopic (exact) mass is 215 g/mol. The molecule has 0 radical (unpaired) electrons. The molecule has 90 valence electrons. The molecular weight excluding hydrogens is 190 g/mol. The summed E-state index contributed by atoms with van der Waals surface area (Å²) < 4.78 is 5.32. The Morgan fingerprint density at radius 3 is 2.60 bits per heavy atom. The summed E-state index contributed by atoms with van der Waals surface area (Å²) in [6.45, 7) is 6.30. The number of aliphatic hydroxyl groups is 1. The van der Waals surface area contributed by atoms with Gasteiger partial charge in [0.15, 0.2) is 0 Å². The van der Waals surface area contributed by atoms with Crippen LogP contribution < -0.4 is 5.32 Å². The van der Waals surface area contributed by atoms with Gasteiger partial charge in [-0.1, -0.05) is 19.3 Å². The van der Waals surface area contributed by atoms with E-state index in [2.05, 4.69) is 12.2 Å². The molecule has 0 spiro atoms. The minimum Gasteiger partial charge on any atom is -0.389 e. The van der Waals surface area contributed by atoms with E-state index >= 15 is 0 Å². The Kier molecular flexibility index (Phi) is 5.58. The Balaban J connectivity index is 2.16. The molecule has 0 bridgehead atoms. The molecule has 0 saturated heterocycles. The topological polar surface area (TPSA) is 41.5 Å². The van der Waals surface area contributed by atoms with Crippen LogP contribution in [0.5, 0.6) is 0 Å². The minimum absolute atomic E-state index is 0.330. The summed E-state index contributed by atoms with van der Waals surface area (Å²) in [5.41, 5.74) is -0.460. The molecule has 1 aliphatic rings. The number of nitrogens with one attached hydrogen (secondary N) is 1. The van der Waals surface area contributed by atoms with Crippen LogP contribution in [0.4, 0.5) is 0 Å². The molecule has 1 rings (SSSR count). The lowest BCUT2D eigenvalue weighted by Crippen LogP contribution is -2.46. The Morgan fingerprint density at radius 1 is 1.33 bits per heavy atom. The number of rotatable bonds is 6. The van der Waals surface area contributed by atoms with Gasteiger partial charge in [-0.3, -0.25) is 0 Å². The lowest BCUT2D eigenvalue weighted by molar-refractivity contribution is 0.000129. The van der Waals surface area contributed by atoms with E-state index in [0.717, 1.165) is 38.9 Å². The fourth-order valence-electron chi connectivity index (χ4n) is 2.10. The Morgan fingerprint density at radius 2 is 2.00 bits per heavy atom. The van der Waals surface area contributed by atoms with E-state index in [1.54, 1.807) is 0 Å². The van der Waals surface area contributed by atoms with Gasteiger partial charge in [0.1, 0.15) is 0 Å². The number of hydrogen-bond donors (Lipinski definition) is 2. The average molecular weight is 215 g/mol. The van der Waals surface area contributed by atoms with Gasteiger partial charge >= 0.3 is 0 Å². The maximum absolute atomic E-state index is 10.2. The summed E-state index contributed by atoms with van der Waals surface area (Å²) in [4.78, 5) is 0. The zero-order valence-corrected chi connectivity index (χ0v) is 10.1. The van der Waals surface area contributed by atoms with E-state index in [1.807, 2.05) is 6.92 Å². The lowest BCUT2D eigenvalue weighted by Gasteiger charge is -2.33. The Bertz CT molecular complexity index is 167. The maximum atomic E-state index is 10.2. The highest BCUT2D eigenvalue weighted by Crippen LogP contribution is 2.27. The normalized spacial score (nSPS) is 22.6. The van der Waals surface area contributed by atoms with Crippen LogP contribution in [-0.4, -0.2) is 36.5 Å². The van der Waals surface area contributed by atoms with E-state index in [9.17, 15) is 5.11 Å². The first kappa shape index (κ1) is 12.9. The lowest BCUT2D eigenvalue weighted by atomic mass is 9.85. The van der Waals surface area contributed by atoms with E-state index in [1.165, 1.54) is 6.42 Å². The van der Waals surface area contributed by atoms with Crippen molar-refractivity contribution in [3.8, 4) is 0 Å². The van der Waals surface area contributed by atoms with Gasteiger partial charge in [0.05, 0.1) is 12.2 Å². The molecule has 0 aromatic carbocycles. The van der Waals surface area contributed by atoms with E-state index in [4.69, 9.17) is 4.74 Å². The molecule has 3 heteroatoms. The van der Waals surface area contributed by atoms with Gasteiger partial charge in [0, 0.05) is 19.2 Å². The highest BCUT2D eigenvalue weighted by molar-refractivity contribution is 4.85. The van der Waals surface area contributed by atoms with Crippen LogP contribution in [0.2, 0.25) is 0 Å². The van der Waals surface area contributed by atoms with Crippen LogP contribution >= 0.6 is 0 Å². The fraction of sp³-hybridized carbons (Fsp3) is 1.00. The summed E-state index contributed by atoms with van der Waals surface area (Å²) >= 11 is 0. The molecule has 15 heavy (non-hydrogen) atoms. The van der Waals surface area contributed by atoms with Crippen molar-refractivity contribution in [1.82, 2.24) is 5.32 Å². The van der Waals surface area contributed by atoms with Crippen molar-refractivity contribution in [3.05, 3.63) is 0 Å². The molecule has 1 atom stereocenters. The fourth-order valence-corrected chi connectivity index (χ4v) is 2.10. The second-order valence-corrected chi connectivity index (χ2v) is 4.73. The van der Waals surface area contributed by atoms with Crippen molar-refractivity contribution >= 4 is 0 Å². The Labute approximate surface area is 93.2 Å². The van der Waals surface area contributed by atoms with Crippen LogP contribution in [0, 0.1) is 0 Å². The van der Waals surface area contributed by atoms with Crippen LogP contribution in [0.3, 0.4) is 0 Å². The van der Waals surface area contributed by atoms with Gasteiger partial charge in [0.2, 0.25) is 0 Å². The molecule has 1 saturated carbocycles. The second kappa shape index (κ2) is 6.46. The predicted molar refractivity (Wildman–Crippen MR) is 62.0 cm³/mol. The highest BCUT2D eigenvalue weighted by Gasteiger charge is 2.28. The first-order valence-corrected chi connectivity index (χ1v) is 6.20. The van der Waals surface area contributed by atoms with Crippen molar-refractivity contribution < 1.29 is 9.84 Å². The van der Waals surface area contributed by atoms with Gasteiger partial charge < -0.3 is 15.2 Å². The smallest absolute Gasteiger partial charge is 0.0771 e. The summed E-state index contributed by atoms with van der Waals surface area (Å²) in [7, 11) is 0. The van der Waals surface area contributed by atoms with Crippen LogP contribution in [0.1, 0.15) is 46.0 Å². The van der Waals surface area contributed by atoms with E-state index in [0.29, 0.717) is 12.6 Å². The molecular formula is C12H25NO2. The predicted octanol–water partition coefficient (Wildman–Crippen LogP) is 1.70. The van der Waals surface area contributed by atoms with Crippen LogP contribution in [0.15, 0.2) is 0 Å². The van der Waals surface area contributed by atoms with Gasteiger partial charge in [0.25, 0.3) is 0 Å². The summed E-state index contributed by atoms with van der Waals surface area (Å²) in [6, 6.07) is 0.330. The molecule has 1 fully saturated rings. The first-order chi connectivity index (χ1) is 7.16. The van der Waals surface area contributed by atoms with Crippen molar-refractivity contribution in [3.63, 3.8) is 0 Å². The zero-order chi connectivity index (χ0) is 11.1. The van der Waals surface area contributed by atoms with Gasteiger partial charge in [-0.15, -0.1) is 0 Å². The van der Waals surface area contributed by atoms with Crippen LogP contribution in [-0.2, 0) is 4.74 Å². The van der Waals surface area contributed by atoms with E-state index in [-0.39, 0.29) is 0 Å². The quantitative estimate of drug-likeness (QED) is 0.708. The molecule has 0 aromatic rings. The van der Waals surface area contributed by atoms with Crippen LogP contribution in [0.25, 0.3) is 0 Å². The third kappa shape index (κ3) is 4.96. The molecule has 0 heterocycles. The molecule has 0 amide bonds. The first-order valence-electron chi connectivity index (χ1n) is 6.20. The van der Waals surface area contributed by atoms with Crippen molar-refractivity contribution in [1.29, 1.82) is 0 Å². The van der Waals surface area contributed by atoms with Crippen molar-refractivity contribution in [2.45, 2.75) is 57.6 Å².